The minimum absolute atomic E-state index is 0.733. The van der Waals surface area contributed by atoms with E-state index in [2.05, 4.69) is 72.5 Å². The summed E-state index contributed by atoms with van der Waals surface area (Å²) in [5.74, 6) is 0.909. The molecule has 1 aliphatic rings. The Balaban J connectivity index is 1.73. The van der Waals surface area contributed by atoms with Crippen LogP contribution in [-0.2, 0) is 13.1 Å². The molecule has 1 aliphatic carbocycles. The third-order valence-corrected chi connectivity index (χ3v) is 4.96. The normalized spacial score (nSPS) is 21.9. The molecule has 0 spiro atoms. The van der Waals surface area contributed by atoms with E-state index < -0.39 is 0 Å². The van der Waals surface area contributed by atoms with Crippen LogP contribution >= 0.6 is 0 Å². The standard InChI is InChI=1S/C21H27N/c1-18-12-14-21(15-13-18)22(16-19-8-4-2-5-9-19)17-20-10-6-3-7-11-20/h2-11,18,21H,12-17H2,1H3. The highest BCUT2D eigenvalue weighted by molar-refractivity contribution is 5.17. The summed E-state index contributed by atoms with van der Waals surface area (Å²) in [5.41, 5.74) is 2.86. The van der Waals surface area contributed by atoms with Gasteiger partial charge >= 0.3 is 0 Å². The Morgan fingerprint density at radius 3 is 1.64 bits per heavy atom. The van der Waals surface area contributed by atoms with Crippen molar-refractivity contribution in [1.82, 2.24) is 4.90 Å². The van der Waals surface area contributed by atoms with Crippen LogP contribution in [0.15, 0.2) is 60.7 Å². The van der Waals surface area contributed by atoms with Crippen LogP contribution in [0.25, 0.3) is 0 Å². The van der Waals surface area contributed by atoms with Crippen LogP contribution in [0.3, 0.4) is 0 Å². The first-order valence-electron chi connectivity index (χ1n) is 8.63. The molecule has 2 aromatic rings. The zero-order valence-corrected chi connectivity index (χ0v) is 13.6. The predicted octanol–water partition coefficient (Wildman–Crippen LogP) is 5.27. The average Bonchev–Trinajstić information content (AvgIpc) is 2.57. The Labute approximate surface area is 135 Å². The van der Waals surface area contributed by atoms with E-state index in [0.717, 1.165) is 25.0 Å². The third-order valence-electron chi connectivity index (χ3n) is 4.96. The first kappa shape index (κ1) is 15.3. The van der Waals surface area contributed by atoms with Crippen molar-refractivity contribution in [2.75, 3.05) is 0 Å². The van der Waals surface area contributed by atoms with Crippen molar-refractivity contribution < 1.29 is 0 Å². The second-order valence-electron chi connectivity index (χ2n) is 6.79. The molecule has 0 bridgehead atoms. The quantitative estimate of drug-likeness (QED) is 0.726. The van der Waals surface area contributed by atoms with Crippen molar-refractivity contribution in [3.8, 4) is 0 Å². The van der Waals surface area contributed by atoms with E-state index >= 15 is 0 Å². The maximum Gasteiger partial charge on any atom is 0.0240 e. The van der Waals surface area contributed by atoms with Crippen LogP contribution in [0.2, 0.25) is 0 Å². The second kappa shape index (κ2) is 7.60. The number of nitrogens with zero attached hydrogens (tertiary/aromatic N) is 1. The molecule has 2 aromatic carbocycles. The molecule has 0 N–H and O–H groups in total. The average molecular weight is 293 g/mol. The fourth-order valence-electron chi connectivity index (χ4n) is 3.56. The van der Waals surface area contributed by atoms with Gasteiger partial charge in [0.15, 0.2) is 0 Å². The number of rotatable bonds is 5. The molecule has 0 unspecified atom stereocenters. The minimum atomic E-state index is 0.733. The van der Waals surface area contributed by atoms with E-state index in [0.29, 0.717) is 0 Å². The highest BCUT2D eigenvalue weighted by Crippen LogP contribution is 2.29. The molecule has 0 atom stereocenters. The van der Waals surface area contributed by atoms with Gasteiger partial charge in [-0.15, -0.1) is 0 Å². The van der Waals surface area contributed by atoms with E-state index in [1.165, 1.54) is 36.8 Å². The van der Waals surface area contributed by atoms with Gasteiger partial charge in [0.05, 0.1) is 0 Å². The summed E-state index contributed by atoms with van der Waals surface area (Å²) in [5, 5.41) is 0. The van der Waals surface area contributed by atoms with Gasteiger partial charge in [-0.05, 0) is 42.7 Å². The van der Waals surface area contributed by atoms with Crippen molar-refractivity contribution in [1.29, 1.82) is 0 Å². The predicted molar refractivity (Wildman–Crippen MR) is 93.6 cm³/mol. The highest BCUT2D eigenvalue weighted by atomic mass is 15.2. The lowest BCUT2D eigenvalue weighted by Crippen LogP contribution is -2.37. The van der Waals surface area contributed by atoms with Crippen molar-refractivity contribution >= 4 is 0 Å². The van der Waals surface area contributed by atoms with Crippen LogP contribution in [0.5, 0.6) is 0 Å². The summed E-state index contributed by atoms with van der Waals surface area (Å²) in [6.07, 6.45) is 5.46. The molecule has 3 rings (SSSR count). The van der Waals surface area contributed by atoms with Gasteiger partial charge in [0.25, 0.3) is 0 Å². The Hall–Kier alpha value is -1.60. The van der Waals surface area contributed by atoms with E-state index in [1.54, 1.807) is 0 Å². The maximum atomic E-state index is 2.69. The van der Waals surface area contributed by atoms with Crippen LogP contribution in [0, 0.1) is 5.92 Å². The largest absolute Gasteiger partial charge is 0.292 e. The molecule has 0 aromatic heterocycles. The summed E-state index contributed by atoms with van der Waals surface area (Å²) >= 11 is 0. The summed E-state index contributed by atoms with van der Waals surface area (Å²) in [6.45, 7) is 4.53. The lowest BCUT2D eigenvalue weighted by Gasteiger charge is -2.36. The van der Waals surface area contributed by atoms with Gasteiger partial charge in [0.1, 0.15) is 0 Å². The first-order chi connectivity index (χ1) is 10.8. The van der Waals surface area contributed by atoms with Crippen LogP contribution in [-0.4, -0.2) is 10.9 Å². The van der Waals surface area contributed by atoms with Gasteiger partial charge in [-0.1, -0.05) is 67.6 Å². The zero-order valence-electron chi connectivity index (χ0n) is 13.6. The summed E-state index contributed by atoms with van der Waals surface area (Å²) in [4.78, 5) is 2.69. The van der Waals surface area contributed by atoms with Gasteiger partial charge in [0.2, 0.25) is 0 Å². The second-order valence-corrected chi connectivity index (χ2v) is 6.79. The van der Waals surface area contributed by atoms with E-state index in [9.17, 15) is 0 Å². The monoisotopic (exact) mass is 293 g/mol. The van der Waals surface area contributed by atoms with Gasteiger partial charge in [-0.25, -0.2) is 0 Å². The fourth-order valence-corrected chi connectivity index (χ4v) is 3.56. The van der Waals surface area contributed by atoms with E-state index in [4.69, 9.17) is 0 Å². The first-order valence-corrected chi connectivity index (χ1v) is 8.63. The van der Waals surface area contributed by atoms with Crippen LogP contribution in [0.4, 0.5) is 0 Å². The molecule has 0 aliphatic heterocycles. The molecule has 1 fully saturated rings. The molecule has 0 amide bonds. The van der Waals surface area contributed by atoms with Gasteiger partial charge in [0, 0.05) is 19.1 Å². The molecule has 0 heterocycles. The maximum absolute atomic E-state index is 2.69. The summed E-state index contributed by atoms with van der Waals surface area (Å²) in [6, 6.07) is 22.6. The van der Waals surface area contributed by atoms with Crippen molar-refractivity contribution in [3.63, 3.8) is 0 Å². The Bertz CT molecular complexity index is 499. The van der Waals surface area contributed by atoms with E-state index in [-0.39, 0.29) is 0 Å². The highest BCUT2D eigenvalue weighted by Gasteiger charge is 2.24. The number of hydrogen-bond acceptors (Lipinski definition) is 1. The molecular weight excluding hydrogens is 266 g/mol. The van der Waals surface area contributed by atoms with Crippen LogP contribution < -0.4 is 0 Å². The Morgan fingerprint density at radius 1 is 0.727 bits per heavy atom. The summed E-state index contributed by atoms with van der Waals surface area (Å²) in [7, 11) is 0. The lowest BCUT2D eigenvalue weighted by atomic mass is 9.86. The third kappa shape index (κ3) is 4.20. The van der Waals surface area contributed by atoms with Gasteiger partial charge < -0.3 is 0 Å². The molecule has 0 radical (unpaired) electrons. The van der Waals surface area contributed by atoms with Crippen molar-refractivity contribution in [2.24, 2.45) is 5.92 Å². The molecule has 0 saturated heterocycles. The topological polar surface area (TPSA) is 3.24 Å². The van der Waals surface area contributed by atoms with Crippen LogP contribution in [0.1, 0.15) is 43.7 Å². The molecular formula is C21H27N. The van der Waals surface area contributed by atoms with Crippen molar-refractivity contribution in [3.05, 3.63) is 71.8 Å². The molecule has 116 valence electrons. The Morgan fingerprint density at radius 2 is 1.18 bits per heavy atom. The Kier molecular flexibility index (Phi) is 5.29. The summed E-state index contributed by atoms with van der Waals surface area (Å²) < 4.78 is 0. The van der Waals surface area contributed by atoms with Gasteiger partial charge in [-0.3, -0.25) is 4.90 Å². The molecule has 1 nitrogen and oxygen atoms in total. The van der Waals surface area contributed by atoms with E-state index in [1.807, 2.05) is 0 Å². The van der Waals surface area contributed by atoms with Gasteiger partial charge in [-0.2, -0.15) is 0 Å². The SMILES string of the molecule is CC1CCC(N(Cc2ccccc2)Cc2ccccc2)CC1. The van der Waals surface area contributed by atoms with Crippen molar-refractivity contribution in [2.45, 2.75) is 51.7 Å². The smallest absolute Gasteiger partial charge is 0.0240 e. The fraction of sp³-hybridized carbons (Fsp3) is 0.429. The zero-order chi connectivity index (χ0) is 15.2. The number of benzene rings is 2. The molecule has 1 saturated carbocycles. The molecule has 22 heavy (non-hydrogen) atoms. The minimum Gasteiger partial charge on any atom is -0.292 e. The number of hydrogen-bond donors (Lipinski definition) is 0. The lowest BCUT2D eigenvalue weighted by molar-refractivity contribution is 0.125. The molecule has 1 heteroatoms.